The Morgan fingerprint density at radius 3 is 2.40 bits per heavy atom. The number of aliphatic hydroxyl groups is 1. The third-order valence-electron chi connectivity index (χ3n) is 4.82. The van der Waals surface area contributed by atoms with Gasteiger partial charge in [-0.2, -0.15) is 0 Å². The van der Waals surface area contributed by atoms with Crippen molar-refractivity contribution in [2.24, 2.45) is 0 Å². The Balaban J connectivity index is 2.34. The number of hydrogen-bond acceptors (Lipinski definition) is 6. The molecule has 0 radical (unpaired) electrons. The van der Waals surface area contributed by atoms with Gasteiger partial charge in [0.1, 0.15) is 23.9 Å². The molecule has 3 N–H and O–H groups in total. The van der Waals surface area contributed by atoms with Crippen molar-refractivity contribution in [3.8, 4) is 5.75 Å². The zero-order valence-corrected chi connectivity index (χ0v) is 20.5. The molecule has 9 heteroatoms. The number of alkyl carbamates (subject to hydrolysis) is 1. The summed E-state index contributed by atoms with van der Waals surface area (Å²) >= 11 is 0. The van der Waals surface area contributed by atoms with E-state index in [1.54, 1.807) is 76.4 Å². The molecule has 1 unspecified atom stereocenters. The Bertz CT molecular complexity index is 1030. The smallest absolute Gasteiger partial charge is 0.408 e. The normalized spacial score (nSPS) is 11.7. The maximum absolute atomic E-state index is 13.5. The molecule has 0 saturated heterocycles. The number of benzene rings is 2. The van der Waals surface area contributed by atoms with E-state index >= 15 is 0 Å². The van der Waals surface area contributed by atoms with E-state index in [1.165, 1.54) is 4.90 Å². The standard InChI is InChI=1S/C26H33N3O6/c1-6-18-8-7-9-19(16-18)23(24(32)28-20-10-12-21(34-5)13-11-20)29(14-15-30)22(31)17-27-25(33)35-26(2,3)4/h6-13,16,23,30H,1,14-15,17H2,2-5H3,(H,27,33)(H,28,32). The van der Waals surface area contributed by atoms with Crippen molar-refractivity contribution < 1.29 is 29.0 Å². The van der Waals surface area contributed by atoms with Crippen LogP contribution < -0.4 is 15.4 Å². The molecular weight excluding hydrogens is 450 g/mol. The van der Waals surface area contributed by atoms with Crippen LogP contribution in [0, 0.1) is 0 Å². The zero-order chi connectivity index (χ0) is 26.0. The van der Waals surface area contributed by atoms with Crippen LogP contribution in [0.2, 0.25) is 0 Å². The van der Waals surface area contributed by atoms with Gasteiger partial charge in [0.25, 0.3) is 5.91 Å². The largest absolute Gasteiger partial charge is 0.497 e. The van der Waals surface area contributed by atoms with Crippen LogP contribution in [-0.4, -0.2) is 60.3 Å². The molecule has 9 nitrogen and oxygen atoms in total. The number of ether oxygens (including phenoxy) is 2. The number of rotatable bonds is 10. The van der Waals surface area contributed by atoms with Gasteiger partial charge in [-0.1, -0.05) is 30.9 Å². The van der Waals surface area contributed by atoms with Crippen LogP contribution in [0.25, 0.3) is 6.08 Å². The van der Waals surface area contributed by atoms with Crippen LogP contribution >= 0.6 is 0 Å². The summed E-state index contributed by atoms with van der Waals surface area (Å²) in [5, 5.41) is 14.9. The van der Waals surface area contributed by atoms with Gasteiger partial charge >= 0.3 is 6.09 Å². The number of hydrogen-bond donors (Lipinski definition) is 3. The van der Waals surface area contributed by atoms with Gasteiger partial charge in [0, 0.05) is 12.2 Å². The van der Waals surface area contributed by atoms with Crippen molar-refractivity contribution in [3.63, 3.8) is 0 Å². The number of nitrogens with zero attached hydrogens (tertiary/aromatic N) is 1. The molecule has 2 rings (SSSR count). The fourth-order valence-electron chi connectivity index (χ4n) is 3.28. The molecule has 2 aromatic rings. The zero-order valence-electron chi connectivity index (χ0n) is 20.5. The minimum atomic E-state index is -1.09. The molecule has 0 bridgehead atoms. The molecule has 0 spiro atoms. The minimum Gasteiger partial charge on any atom is -0.497 e. The molecule has 0 fully saturated rings. The maximum Gasteiger partial charge on any atom is 0.408 e. The van der Waals surface area contributed by atoms with Crippen molar-refractivity contribution in [2.75, 3.05) is 32.1 Å². The van der Waals surface area contributed by atoms with E-state index in [1.807, 2.05) is 6.07 Å². The van der Waals surface area contributed by atoms with Crippen molar-refractivity contribution in [1.82, 2.24) is 10.2 Å². The lowest BCUT2D eigenvalue weighted by molar-refractivity contribution is -0.138. The van der Waals surface area contributed by atoms with Crippen molar-refractivity contribution in [1.29, 1.82) is 0 Å². The first kappa shape index (κ1) is 27.4. The average Bonchev–Trinajstić information content (AvgIpc) is 2.81. The third-order valence-corrected chi connectivity index (χ3v) is 4.82. The van der Waals surface area contributed by atoms with Gasteiger partial charge in [0.05, 0.1) is 13.7 Å². The highest BCUT2D eigenvalue weighted by molar-refractivity contribution is 5.98. The second-order valence-electron chi connectivity index (χ2n) is 8.66. The second-order valence-corrected chi connectivity index (χ2v) is 8.66. The molecule has 1 atom stereocenters. The highest BCUT2D eigenvalue weighted by atomic mass is 16.6. The van der Waals surface area contributed by atoms with Gasteiger partial charge in [-0.3, -0.25) is 9.59 Å². The molecule has 3 amide bonds. The lowest BCUT2D eigenvalue weighted by Gasteiger charge is -2.31. The first-order chi connectivity index (χ1) is 16.6. The predicted octanol–water partition coefficient (Wildman–Crippen LogP) is 3.36. The monoisotopic (exact) mass is 483 g/mol. The van der Waals surface area contributed by atoms with Gasteiger partial charge in [-0.25, -0.2) is 4.79 Å². The molecule has 35 heavy (non-hydrogen) atoms. The van der Waals surface area contributed by atoms with E-state index in [9.17, 15) is 19.5 Å². The second kappa shape index (κ2) is 12.6. The van der Waals surface area contributed by atoms with E-state index in [0.29, 0.717) is 17.0 Å². The van der Waals surface area contributed by atoms with E-state index in [0.717, 1.165) is 5.56 Å². The quantitative estimate of drug-likeness (QED) is 0.477. The fourth-order valence-corrected chi connectivity index (χ4v) is 3.28. The molecule has 2 aromatic carbocycles. The third kappa shape index (κ3) is 8.46. The summed E-state index contributed by atoms with van der Waals surface area (Å²) in [6.45, 7) is 7.95. The molecule has 0 aliphatic rings. The highest BCUT2D eigenvalue weighted by Crippen LogP contribution is 2.25. The number of carbonyl (C=O) groups is 3. The summed E-state index contributed by atoms with van der Waals surface area (Å²) in [5.41, 5.74) is 1.05. The van der Waals surface area contributed by atoms with E-state index in [4.69, 9.17) is 9.47 Å². The van der Waals surface area contributed by atoms with Crippen molar-refractivity contribution in [2.45, 2.75) is 32.4 Å². The molecule has 188 valence electrons. The summed E-state index contributed by atoms with van der Waals surface area (Å²) in [6.07, 6.45) is 0.868. The lowest BCUT2D eigenvalue weighted by atomic mass is 10.0. The average molecular weight is 484 g/mol. The van der Waals surface area contributed by atoms with Crippen LogP contribution in [0.1, 0.15) is 37.9 Å². The lowest BCUT2D eigenvalue weighted by Crippen LogP contribution is -2.47. The van der Waals surface area contributed by atoms with Gasteiger partial charge in [-0.15, -0.1) is 0 Å². The number of methoxy groups -OCH3 is 1. The first-order valence-corrected chi connectivity index (χ1v) is 11.1. The van der Waals surface area contributed by atoms with Gasteiger partial charge in [0.15, 0.2) is 0 Å². The molecule has 0 aliphatic heterocycles. The van der Waals surface area contributed by atoms with Gasteiger partial charge in [0.2, 0.25) is 5.91 Å². The number of amides is 3. The van der Waals surface area contributed by atoms with Crippen LogP contribution in [-0.2, 0) is 14.3 Å². The number of aliphatic hydroxyl groups excluding tert-OH is 1. The molecular formula is C26H33N3O6. The van der Waals surface area contributed by atoms with Crippen LogP contribution in [0.15, 0.2) is 55.1 Å². The number of carbonyl (C=O) groups excluding carboxylic acids is 3. The Kier molecular flexibility index (Phi) is 9.84. The van der Waals surface area contributed by atoms with E-state index in [-0.39, 0.29) is 13.2 Å². The summed E-state index contributed by atoms with van der Waals surface area (Å²) in [5.74, 6) is -0.428. The maximum atomic E-state index is 13.5. The first-order valence-electron chi connectivity index (χ1n) is 11.1. The Morgan fingerprint density at radius 2 is 1.83 bits per heavy atom. The van der Waals surface area contributed by atoms with E-state index in [2.05, 4.69) is 17.2 Å². The summed E-state index contributed by atoms with van der Waals surface area (Å²) < 4.78 is 10.3. The Labute approximate surface area is 205 Å². The van der Waals surface area contributed by atoms with Gasteiger partial charge < -0.3 is 30.1 Å². The van der Waals surface area contributed by atoms with Crippen LogP contribution in [0.4, 0.5) is 10.5 Å². The van der Waals surface area contributed by atoms with Crippen molar-refractivity contribution in [3.05, 3.63) is 66.2 Å². The molecule has 0 aromatic heterocycles. The number of nitrogens with one attached hydrogen (secondary N) is 2. The van der Waals surface area contributed by atoms with Gasteiger partial charge in [-0.05, 0) is 62.2 Å². The minimum absolute atomic E-state index is 0.131. The van der Waals surface area contributed by atoms with E-state index < -0.39 is 36.1 Å². The fraction of sp³-hybridized carbons (Fsp3) is 0.346. The summed E-state index contributed by atoms with van der Waals surface area (Å²) in [6, 6.07) is 12.7. The Morgan fingerprint density at radius 1 is 1.14 bits per heavy atom. The van der Waals surface area contributed by atoms with Crippen molar-refractivity contribution >= 4 is 29.7 Å². The predicted molar refractivity (Wildman–Crippen MR) is 134 cm³/mol. The summed E-state index contributed by atoms with van der Waals surface area (Å²) in [4.78, 5) is 39.9. The number of anilines is 1. The Hall–Kier alpha value is -3.85. The topological polar surface area (TPSA) is 117 Å². The SMILES string of the molecule is C=Cc1cccc(C(C(=O)Nc2ccc(OC)cc2)N(CCO)C(=O)CNC(=O)OC(C)(C)C)c1. The molecule has 0 heterocycles. The molecule has 0 aliphatic carbocycles. The molecule has 0 saturated carbocycles. The highest BCUT2D eigenvalue weighted by Gasteiger charge is 2.32. The van der Waals surface area contributed by atoms with Crippen LogP contribution in [0.5, 0.6) is 5.75 Å². The summed E-state index contributed by atoms with van der Waals surface area (Å²) in [7, 11) is 1.54. The van der Waals surface area contributed by atoms with Crippen LogP contribution in [0.3, 0.4) is 0 Å².